The molecule has 1 aliphatic carbocycles. The van der Waals surface area contributed by atoms with Crippen molar-refractivity contribution in [1.29, 1.82) is 0 Å². The number of carbonyl (C=O) groups excluding carboxylic acids is 1. The summed E-state index contributed by atoms with van der Waals surface area (Å²) in [6, 6.07) is 2.01. The number of rotatable bonds is 0. The number of hydrogen-bond donors (Lipinski definition) is 2. The third kappa shape index (κ3) is 1.15. The first-order valence-electron chi connectivity index (χ1n) is 4.98. The third-order valence-electron chi connectivity index (χ3n) is 3.03. The molecule has 1 aromatic carbocycles. The average molecular weight is 205 g/mol. The van der Waals surface area contributed by atoms with Crippen molar-refractivity contribution in [2.45, 2.75) is 25.3 Å². The number of benzene rings is 1. The number of ether oxygens (including phenoxy) is 1. The number of nitrogens with two attached hydrogens (primary N) is 1. The molecule has 3 rings (SSSR count). The molecule has 0 saturated carbocycles. The molecule has 0 amide bonds. The topological polar surface area (TPSA) is 72.6 Å². The van der Waals surface area contributed by atoms with E-state index in [0.29, 0.717) is 12.2 Å². The Hall–Kier alpha value is -1.55. The maximum Gasteiger partial charge on any atom is 0.315 e. The first-order valence-corrected chi connectivity index (χ1v) is 4.98. The van der Waals surface area contributed by atoms with Crippen LogP contribution in [0.25, 0.3) is 0 Å². The van der Waals surface area contributed by atoms with Crippen LogP contribution in [0.1, 0.15) is 16.7 Å². The Morgan fingerprint density at radius 2 is 2.20 bits per heavy atom. The Labute approximate surface area is 86.7 Å². The largest absolute Gasteiger partial charge is 0.504 e. The predicted octanol–water partition coefficient (Wildman–Crippen LogP) is 0.280. The van der Waals surface area contributed by atoms with Gasteiger partial charge in [-0.05, 0) is 18.4 Å². The van der Waals surface area contributed by atoms with Crippen molar-refractivity contribution >= 4 is 5.97 Å². The van der Waals surface area contributed by atoms with Gasteiger partial charge in [0.2, 0.25) is 0 Å². The molecule has 0 bridgehead atoms. The lowest BCUT2D eigenvalue weighted by Crippen LogP contribution is -2.19. The monoisotopic (exact) mass is 205 g/mol. The number of esters is 1. The Morgan fingerprint density at radius 3 is 3.00 bits per heavy atom. The van der Waals surface area contributed by atoms with Crippen molar-refractivity contribution in [3.05, 3.63) is 22.8 Å². The Kier molecular flexibility index (Phi) is 1.59. The Balaban J connectivity index is 2.18. The fourth-order valence-corrected chi connectivity index (χ4v) is 2.38. The average Bonchev–Trinajstić information content (AvgIpc) is 2.69. The number of fused-ring (bicyclic) bond motifs is 2. The standard InChI is InChI=1S/C11H11NO3/c12-7-2-5-1-6-3-9(13)15-11(6)10(14)8(5)4-7/h1,7,14H,2-4,12H2. The highest BCUT2D eigenvalue weighted by molar-refractivity contribution is 5.83. The molecule has 0 fully saturated rings. The maximum absolute atomic E-state index is 11.1. The lowest BCUT2D eigenvalue weighted by molar-refractivity contribution is -0.131. The van der Waals surface area contributed by atoms with E-state index in [4.69, 9.17) is 10.5 Å². The third-order valence-corrected chi connectivity index (χ3v) is 3.03. The second kappa shape index (κ2) is 2.73. The summed E-state index contributed by atoms with van der Waals surface area (Å²) < 4.78 is 4.97. The van der Waals surface area contributed by atoms with Gasteiger partial charge in [0.1, 0.15) is 0 Å². The van der Waals surface area contributed by atoms with E-state index < -0.39 is 0 Å². The van der Waals surface area contributed by atoms with Crippen molar-refractivity contribution in [1.82, 2.24) is 0 Å². The van der Waals surface area contributed by atoms with Crippen LogP contribution >= 0.6 is 0 Å². The molecule has 0 aromatic heterocycles. The quantitative estimate of drug-likeness (QED) is 0.471. The smallest absolute Gasteiger partial charge is 0.315 e. The number of phenols is 1. The van der Waals surface area contributed by atoms with Gasteiger partial charge in [0.15, 0.2) is 11.5 Å². The molecule has 3 N–H and O–H groups in total. The van der Waals surface area contributed by atoms with Crippen LogP contribution in [-0.2, 0) is 24.1 Å². The summed E-state index contributed by atoms with van der Waals surface area (Å²) in [5.74, 6) is 0.155. The molecule has 1 aliphatic heterocycles. The molecule has 0 saturated heterocycles. The summed E-state index contributed by atoms with van der Waals surface area (Å²) >= 11 is 0. The fraction of sp³-hybridized carbons (Fsp3) is 0.364. The SMILES string of the molecule is NC1Cc2cc3c(c(O)c2C1)OC(=O)C3. The second-order valence-electron chi connectivity index (χ2n) is 4.17. The number of phenolic OH excluding ortho intramolecular Hbond substituents is 1. The van der Waals surface area contributed by atoms with E-state index in [1.807, 2.05) is 6.07 Å². The van der Waals surface area contributed by atoms with Gasteiger partial charge in [0.25, 0.3) is 0 Å². The van der Waals surface area contributed by atoms with Crippen LogP contribution in [0.4, 0.5) is 0 Å². The van der Waals surface area contributed by atoms with Gasteiger partial charge in [-0.1, -0.05) is 6.07 Å². The molecular weight excluding hydrogens is 194 g/mol. The molecule has 2 aliphatic rings. The van der Waals surface area contributed by atoms with E-state index in [9.17, 15) is 9.90 Å². The van der Waals surface area contributed by atoms with Crippen molar-refractivity contribution in [2.75, 3.05) is 0 Å². The zero-order valence-electron chi connectivity index (χ0n) is 8.12. The van der Waals surface area contributed by atoms with E-state index >= 15 is 0 Å². The summed E-state index contributed by atoms with van der Waals surface area (Å²) in [5, 5.41) is 9.93. The predicted molar refractivity (Wildman–Crippen MR) is 52.8 cm³/mol. The van der Waals surface area contributed by atoms with Gasteiger partial charge in [-0.2, -0.15) is 0 Å². The van der Waals surface area contributed by atoms with E-state index in [0.717, 1.165) is 23.1 Å². The molecule has 1 unspecified atom stereocenters. The summed E-state index contributed by atoms with van der Waals surface area (Å²) in [7, 11) is 0. The lowest BCUT2D eigenvalue weighted by Gasteiger charge is -2.06. The minimum Gasteiger partial charge on any atom is -0.504 e. The number of aromatic hydroxyl groups is 1. The first-order chi connectivity index (χ1) is 7.15. The van der Waals surface area contributed by atoms with E-state index in [1.165, 1.54) is 0 Å². The summed E-state index contributed by atoms with van der Waals surface area (Å²) in [6.07, 6.45) is 1.68. The summed E-state index contributed by atoms with van der Waals surface area (Å²) in [4.78, 5) is 11.1. The maximum atomic E-state index is 11.1. The molecule has 1 aromatic rings. The zero-order chi connectivity index (χ0) is 10.6. The van der Waals surface area contributed by atoms with Crippen LogP contribution in [-0.4, -0.2) is 17.1 Å². The van der Waals surface area contributed by atoms with Gasteiger partial charge in [-0.25, -0.2) is 0 Å². The van der Waals surface area contributed by atoms with Crippen molar-refractivity contribution in [2.24, 2.45) is 5.73 Å². The van der Waals surface area contributed by atoms with Crippen LogP contribution in [0.3, 0.4) is 0 Å². The molecule has 0 radical (unpaired) electrons. The van der Waals surface area contributed by atoms with Crippen molar-refractivity contribution in [3.8, 4) is 11.5 Å². The fourth-order valence-electron chi connectivity index (χ4n) is 2.38. The normalized spacial score (nSPS) is 22.5. The highest BCUT2D eigenvalue weighted by Crippen LogP contribution is 2.42. The Bertz CT molecular complexity index is 467. The molecule has 1 heterocycles. The van der Waals surface area contributed by atoms with Gasteiger partial charge in [0.05, 0.1) is 6.42 Å². The van der Waals surface area contributed by atoms with Gasteiger partial charge in [-0.15, -0.1) is 0 Å². The molecule has 4 nitrogen and oxygen atoms in total. The highest BCUT2D eigenvalue weighted by Gasteiger charge is 2.31. The number of hydrogen-bond acceptors (Lipinski definition) is 4. The number of carbonyl (C=O) groups is 1. The van der Waals surface area contributed by atoms with Crippen molar-refractivity contribution in [3.63, 3.8) is 0 Å². The van der Waals surface area contributed by atoms with Crippen LogP contribution in [0.5, 0.6) is 11.5 Å². The van der Waals surface area contributed by atoms with Gasteiger partial charge in [-0.3, -0.25) is 4.79 Å². The molecular formula is C11H11NO3. The van der Waals surface area contributed by atoms with E-state index in [-0.39, 0.29) is 24.2 Å². The van der Waals surface area contributed by atoms with Crippen LogP contribution in [0.2, 0.25) is 0 Å². The highest BCUT2D eigenvalue weighted by atomic mass is 16.5. The van der Waals surface area contributed by atoms with Crippen molar-refractivity contribution < 1.29 is 14.6 Å². The molecule has 4 heteroatoms. The molecule has 15 heavy (non-hydrogen) atoms. The summed E-state index contributed by atoms with van der Waals surface area (Å²) in [6.45, 7) is 0. The van der Waals surface area contributed by atoms with Gasteiger partial charge >= 0.3 is 5.97 Å². The second-order valence-corrected chi connectivity index (χ2v) is 4.17. The minimum absolute atomic E-state index is 0.0733. The molecule has 0 spiro atoms. The van der Waals surface area contributed by atoms with E-state index in [1.54, 1.807) is 0 Å². The van der Waals surface area contributed by atoms with Crippen LogP contribution in [0.15, 0.2) is 6.07 Å². The Morgan fingerprint density at radius 1 is 1.40 bits per heavy atom. The minimum atomic E-state index is -0.298. The molecule has 78 valence electrons. The molecule has 1 atom stereocenters. The van der Waals surface area contributed by atoms with Crippen LogP contribution < -0.4 is 10.5 Å². The zero-order valence-corrected chi connectivity index (χ0v) is 8.12. The van der Waals surface area contributed by atoms with E-state index in [2.05, 4.69) is 0 Å². The first kappa shape index (κ1) is 8.73. The summed E-state index contributed by atoms with van der Waals surface area (Å²) in [5.41, 5.74) is 8.50. The van der Waals surface area contributed by atoms with Crippen LogP contribution in [0, 0.1) is 0 Å². The van der Waals surface area contributed by atoms with Gasteiger partial charge in [0, 0.05) is 17.2 Å². The van der Waals surface area contributed by atoms with Gasteiger partial charge < -0.3 is 15.6 Å². The lowest BCUT2D eigenvalue weighted by atomic mass is 10.0.